The summed E-state index contributed by atoms with van der Waals surface area (Å²) in [6.07, 6.45) is 2.97. The molecular formula is C25H32N2O7. The van der Waals surface area contributed by atoms with Gasteiger partial charge in [0, 0.05) is 19.3 Å². The Morgan fingerprint density at radius 3 is 2.41 bits per heavy atom. The number of aryl methyl sites for hydroxylation is 1. The van der Waals surface area contributed by atoms with Crippen molar-refractivity contribution in [1.82, 2.24) is 10.3 Å². The summed E-state index contributed by atoms with van der Waals surface area (Å²) in [5.41, 5.74) is 0.549. The molecular weight excluding hydrogens is 440 g/mol. The molecule has 0 saturated heterocycles. The molecule has 0 radical (unpaired) electrons. The second-order valence-corrected chi connectivity index (χ2v) is 8.96. The number of nitrogens with zero attached hydrogens (tertiary/aromatic N) is 1. The van der Waals surface area contributed by atoms with E-state index in [0.717, 1.165) is 18.4 Å². The molecule has 1 aromatic carbocycles. The fraction of sp³-hybridized carbons (Fsp3) is 0.520. The number of methoxy groups -OCH3 is 1. The van der Waals surface area contributed by atoms with Gasteiger partial charge in [0.1, 0.15) is 6.04 Å². The van der Waals surface area contributed by atoms with Crippen LogP contribution in [-0.2, 0) is 25.5 Å². The highest BCUT2D eigenvalue weighted by molar-refractivity contribution is 5.88. The van der Waals surface area contributed by atoms with Gasteiger partial charge in [0.15, 0.2) is 11.7 Å². The number of rotatable bonds is 12. The predicted octanol–water partition coefficient (Wildman–Crippen LogP) is 3.45. The minimum absolute atomic E-state index is 0.114. The fourth-order valence-corrected chi connectivity index (χ4v) is 4.70. The van der Waals surface area contributed by atoms with Crippen LogP contribution in [0.25, 0.3) is 11.3 Å². The lowest BCUT2D eigenvalue weighted by Crippen LogP contribution is -2.49. The molecule has 0 aliphatic heterocycles. The van der Waals surface area contributed by atoms with Crippen molar-refractivity contribution in [2.75, 3.05) is 13.7 Å². The Hall–Kier alpha value is -3.20. The number of carboxylic acids is 2. The molecule has 0 unspecified atom stereocenters. The normalized spacial score (nSPS) is 16.6. The Bertz CT molecular complexity index is 996. The summed E-state index contributed by atoms with van der Waals surface area (Å²) in [7, 11) is 1.50. The van der Waals surface area contributed by atoms with Gasteiger partial charge in [-0.05, 0) is 32.6 Å². The number of carbonyl (C=O) groups is 3. The lowest BCUT2D eigenvalue weighted by molar-refractivity contribution is -0.147. The smallest absolute Gasteiger partial charge is 0.326 e. The Morgan fingerprint density at radius 2 is 1.82 bits per heavy atom. The number of oxazole rings is 1. The van der Waals surface area contributed by atoms with Crippen molar-refractivity contribution in [2.45, 2.75) is 57.9 Å². The van der Waals surface area contributed by atoms with Gasteiger partial charge in [-0.25, -0.2) is 9.78 Å². The maximum absolute atomic E-state index is 13.3. The molecule has 2 aromatic rings. The van der Waals surface area contributed by atoms with Crippen LogP contribution in [0.3, 0.4) is 0 Å². The molecule has 0 spiro atoms. The SMILES string of the molecule is COCC[C@H](CC1(C(=O)N[C@@H](Cc2nc(C)c(-c3ccccc3)o2)C(=O)O)CCCC1)C(=O)O. The molecule has 3 N–H and O–H groups in total. The van der Waals surface area contributed by atoms with Crippen LogP contribution in [0.1, 0.15) is 50.1 Å². The first-order valence-corrected chi connectivity index (χ1v) is 11.5. The molecule has 9 nitrogen and oxygen atoms in total. The Kier molecular flexibility index (Phi) is 8.44. The van der Waals surface area contributed by atoms with Gasteiger partial charge in [0.05, 0.1) is 23.4 Å². The molecule has 1 saturated carbocycles. The third-order valence-corrected chi connectivity index (χ3v) is 6.56. The maximum Gasteiger partial charge on any atom is 0.326 e. The molecule has 1 amide bonds. The average Bonchev–Trinajstić information content (AvgIpc) is 3.43. The highest BCUT2D eigenvalue weighted by Crippen LogP contribution is 2.44. The summed E-state index contributed by atoms with van der Waals surface area (Å²) in [6.45, 7) is 2.06. The van der Waals surface area contributed by atoms with Crippen molar-refractivity contribution >= 4 is 17.8 Å². The Labute approximate surface area is 198 Å². The molecule has 1 heterocycles. The van der Waals surface area contributed by atoms with Crippen molar-refractivity contribution in [1.29, 1.82) is 0 Å². The maximum atomic E-state index is 13.3. The second-order valence-electron chi connectivity index (χ2n) is 8.96. The lowest BCUT2D eigenvalue weighted by atomic mass is 9.75. The van der Waals surface area contributed by atoms with Crippen LogP contribution in [0.5, 0.6) is 0 Å². The first kappa shape index (κ1) is 25.4. The lowest BCUT2D eigenvalue weighted by Gasteiger charge is -2.31. The number of hydrogen-bond donors (Lipinski definition) is 3. The quantitative estimate of drug-likeness (QED) is 0.427. The van der Waals surface area contributed by atoms with E-state index in [2.05, 4.69) is 10.3 Å². The number of hydrogen-bond acceptors (Lipinski definition) is 6. The van der Waals surface area contributed by atoms with Gasteiger partial charge >= 0.3 is 11.9 Å². The van der Waals surface area contributed by atoms with Crippen LogP contribution in [0.15, 0.2) is 34.7 Å². The van der Waals surface area contributed by atoms with Crippen LogP contribution < -0.4 is 5.32 Å². The Balaban J connectivity index is 1.76. The molecule has 2 atom stereocenters. The number of aliphatic carboxylic acids is 2. The third-order valence-electron chi connectivity index (χ3n) is 6.56. The van der Waals surface area contributed by atoms with E-state index >= 15 is 0 Å². The summed E-state index contributed by atoms with van der Waals surface area (Å²) in [5, 5.41) is 22.1. The van der Waals surface area contributed by atoms with E-state index < -0.39 is 35.2 Å². The second kappa shape index (κ2) is 11.3. The number of benzene rings is 1. The van der Waals surface area contributed by atoms with E-state index in [4.69, 9.17) is 9.15 Å². The standard InChI is InChI=1S/C25H32N2O7/c1-16-21(17-8-4-3-5-9-17)34-20(26-16)14-19(23(30)31)27-24(32)25(11-6-7-12-25)15-18(22(28)29)10-13-33-2/h3-5,8-9,18-19H,6-7,10-15H2,1-2H3,(H,27,32)(H,28,29)(H,30,31)/t18-,19+/m1/s1. The van der Waals surface area contributed by atoms with Crippen molar-refractivity contribution in [3.63, 3.8) is 0 Å². The first-order chi connectivity index (χ1) is 16.3. The van der Waals surface area contributed by atoms with E-state index in [-0.39, 0.29) is 25.3 Å². The molecule has 34 heavy (non-hydrogen) atoms. The summed E-state index contributed by atoms with van der Waals surface area (Å²) in [5.74, 6) is -2.57. The van der Waals surface area contributed by atoms with Gasteiger partial charge in [0.25, 0.3) is 0 Å². The molecule has 1 aliphatic rings. The first-order valence-electron chi connectivity index (χ1n) is 11.5. The molecule has 1 fully saturated rings. The molecule has 1 aromatic heterocycles. The molecule has 3 rings (SSSR count). The number of carbonyl (C=O) groups excluding carboxylic acids is 1. The third kappa shape index (κ3) is 6.02. The summed E-state index contributed by atoms with van der Waals surface area (Å²) in [6, 6.07) is 8.13. The number of amides is 1. The summed E-state index contributed by atoms with van der Waals surface area (Å²) in [4.78, 5) is 41.5. The van der Waals surface area contributed by atoms with Crippen LogP contribution in [0.2, 0.25) is 0 Å². The van der Waals surface area contributed by atoms with E-state index in [1.807, 2.05) is 30.3 Å². The van der Waals surface area contributed by atoms with Gasteiger partial charge in [-0.3, -0.25) is 9.59 Å². The molecule has 0 bridgehead atoms. The summed E-state index contributed by atoms with van der Waals surface area (Å²) >= 11 is 0. The zero-order valence-electron chi connectivity index (χ0n) is 19.6. The van der Waals surface area contributed by atoms with Crippen LogP contribution >= 0.6 is 0 Å². The highest BCUT2D eigenvalue weighted by Gasteiger charge is 2.45. The number of ether oxygens (including phenoxy) is 1. The van der Waals surface area contributed by atoms with Crippen molar-refractivity contribution in [2.24, 2.45) is 11.3 Å². The largest absolute Gasteiger partial charge is 0.481 e. The van der Waals surface area contributed by atoms with E-state index in [1.54, 1.807) is 6.92 Å². The Morgan fingerprint density at radius 1 is 1.15 bits per heavy atom. The monoisotopic (exact) mass is 472 g/mol. The molecule has 1 aliphatic carbocycles. The van der Waals surface area contributed by atoms with Gasteiger partial charge in [-0.15, -0.1) is 0 Å². The zero-order valence-corrected chi connectivity index (χ0v) is 19.6. The van der Waals surface area contributed by atoms with E-state index in [1.165, 1.54) is 7.11 Å². The average molecular weight is 473 g/mol. The minimum atomic E-state index is -1.24. The van der Waals surface area contributed by atoms with Crippen LogP contribution in [0.4, 0.5) is 0 Å². The van der Waals surface area contributed by atoms with Crippen LogP contribution in [-0.4, -0.2) is 52.8 Å². The van der Waals surface area contributed by atoms with Crippen LogP contribution in [0, 0.1) is 18.3 Å². The van der Waals surface area contributed by atoms with Gasteiger partial charge in [0.2, 0.25) is 5.91 Å². The predicted molar refractivity (Wildman–Crippen MR) is 123 cm³/mol. The summed E-state index contributed by atoms with van der Waals surface area (Å²) < 4.78 is 10.9. The van der Waals surface area contributed by atoms with E-state index in [9.17, 15) is 24.6 Å². The van der Waals surface area contributed by atoms with Gasteiger partial charge in [-0.1, -0.05) is 43.2 Å². The van der Waals surface area contributed by atoms with Crippen molar-refractivity contribution in [3.05, 3.63) is 41.9 Å². The number of nitrogens with one attached hydrogen (secondary N) is 1. The zero-order chi connectivity index (χ0) is 24.7. The fourth-order valence-electron chi connectivity index (χ4n) is 4.70. The topological polar surface area (TPSA) is 139 Å². The van der Waals surface area contributed by atoms with Gasteiger partial charge < -0.3 is 24.7 Å². The number of aromatic nitrogens is 1. The minimum Gasteiger partial charge on any atom is -0.481 e. The van der Waals surface area contributed by atoms with E-state index in [0.29, 0.717) is 30.7 Å². The number of carboxylic acid groups (broad SMARTS) is 2. The molecule has 184 valence electrons. The highest BCUT2D eigenvalue weighted by atomic mass is 16.5. The van der Waals surface area contributed by atoms with Crippen molar-refractivity contribution in [3.8, 4) is 11.3 Å². The van der Waals surface area contributed by atoms with Gasteiger partial charge in [-0.2, -0.15) is 0 Å². The van der Waals surface area contributed by atoms with Crippen molar-refractivity contribution < 1.29 is 33.8 Å². The molecule has 9 heteroatoms.